The molecule has 0 bridgehead atoms. The number of ether oxygens (including phenoxy) is 3. The molecule has 210 valence electrons. The predicted molar refractivity (Wildman–Crippen MR) is 152 cm³/mol. The van der Waals surface area contributed by atoms with Gasteiger partial charge >= 0.3 is 5.97 Å². The van der Waals surface area contributed by atoms with Gasteiger partial charge in [0.25, 0.3) is 0 Å². The fourth-order valence-corrected chi connectivity index (χ4v) is 7.61. The first kappa shape index (κ1) is 26.8. The summed E-state index contributed by atoms with van der Waals surface area (Å²) in [6.45, 7) is 5.03. The number of benzene rings is 2. The highest BCUT2D eigenvalue weighted by Gasteiger charge is 2.55. The van der Waals surface area contributed by atoms with Gasteiger partial charge in [0.2, 0.25) is 5.88 Å². The zero-order chi connectivity index (χ0) is 28.1. The average molecular weight is 544 g/mol. The number of carbonyl (C=O) groups excluding carboxylic acids is 1. The van der Waals surface area contributed by atoms with E-state index in [2.05, 4.69) is 37.0 Å². The molecular weight excluding hydrogens is 505 g/mol. The molecule has 6 rings (SSSR count). The van der Waals surface area contributed by atoms with Crippen molar-refractivity contribution in [2.24, 2.45) is 11.3 Å². The summed E-state index contributed by atoms with van der Waals surface area (Å²) >= 11 is 0. The molecule has 1 aromatic heterocycles. The Kier molecular flexibility index (Phi) is 6.84. The lowest BCUT2D eigenvalue weighted by molar-refractivity contribution is -0.153. The van der Waals surface area contributed by atoms with Crippen molar-refractivity contribution in [3.63, 3.8) is 0 Å². The molecule has 2 aromatic carbocycles. The number of halogens is 1. The number of carbonyl (C=O) groups is 1. The molecule has 2 unspecified atom stereocenters. The van der Waals surface area contributed by atoms with Gasteiger partial charge < -0.3 is 14.2 Å². The van der Waals surface area contributed by atoms with Crippen molar-refractivity contribution in [2.75, 3.05) is 14.2 Å². The Labute approximate surface area is 236 Å². The Balaban J connectivity index is 1.30. The second kappa shape index (κ2) is 10.2. The van der Waals surface area contributed by atoms with Crippen molar-refractivity contribution in [1.82, 2.24) is 4.98 Å². The SMILES string of the molecule is COC(=O)C1CCC12CCc1ccc(OCc3ccc(-c4cc(OC)ncc4F)c([C@@H]4CCCC4(C)C)c3)cc12. The number of aryl methyl sites for hydroxylation is 1. The predicted octanol–water partition coefficient (Wildman–Crippen LogP) is 7.54. The van der Waals surface area contributed by atoms with Gasteiger partial charge in [-0.1, -0.05) is 44.5 Å². The van der Waals surface area contributed by atoms with Crippen LogP contribution in [0.25, 0.3) is 11.1 Å². The van der Waals surface area contributed by atoms with Crippen LogP contribution in [0.2, 0.25) is 0 Å². The van der Waals surface area contributed by atoms with Crippen molar-refractivity contribution < 1.29 is 23.4 Å². The minimum Gasteiger partial charge on any atom is -0.489 e. The Bertz CT molecular complexity index is 1450. The van der Waals surface area contributed by atoms with Gasteiger partial charge in [0.05, 0.1) is 26.3 Å². The van der Waals surface area contributed by atoms with Gasteiger partial charge in [-0.25, -0.2) is 9.37 Å². The fraction of sp³-hybridized carbons (Fsp3) is 0.471. The van der Waals surface area contributed by atoms with Crippen molar-refractivity contribution in [3.8, 4) is 22.8 Å². The highest BCUT2D eigenvalue weighted by Crippen LogP contribution is 2.57. The molecule has 0 radical (unpaired) electrons. The highest BCUT2D eigenvalue weighted by molar-refractivity contribution is 5.77. The maximum atomic E-state index is 15.1. The number of pyridine rings is 1. The van der Waals surface area contributed by atoms with Gasteiger partial charge in [-0.05, 0) is 89.8 Å². The lowest BCUT2D eigenvalue weighted by atomic mass is 9.57. The highest BCUT2D eigenvalue weighted by atomic mass is 19.1. The zero-order valence-electron chi connectivity index (χ0n) is 23.9. The number of fused-ring (bicyclic) bond motifs is 2. The maximum absolute atomic E-state index is 15.1. The van der Waals surface area contributed by atoms with Crippen molar-refractivity contribution in [2.45, 2.75) is 76.7 Å². The summed E-state index contributed by atoms with van der Waals surface area (Å²) in [5.41, 5.74) is 6.17. The second-order valence-electron chi connectivity index (χ2n) is 12.4. The van der Waals surface area contributed by atoms with Crippen molar-refractivity contribution in [1.29, 1.82) is 0 Å². The number of methoxy groups -OCH3 is 2. The van der Waals surface area contributed by atoms with Gasteiger partial charge in [-0.15, -0.1) is 0 Å². The maximum Gasteiger partial charge on any atom is 0.309 e. The molecule has 0 aliphatic heterocycles. The van der Waals surface area contributed by atoms with Crippen LogP contribution < -0.4 is 9.47 Å². The summed E-state index contributed by atoms with van der Waals surface area (Å²) in [7, 11) is 3.03. The zero-order valence-corrected chi connectivity index (χ0v) is 23.9. The van der Waals surface area contributed by atoms with E-state index in [-0.39, 0.29) is 28.5 Å². The molecule has 1 spiro atoms. The molecule has 6 heteroatoms. The summed E-state index contributed by atoms with van der Waals surface area (Å²) < 4.78 is 31.8. The van der Waals surface area contributed by atoms with Gasteiger partial charge in [0.1, 0.15) is 18.2 Å². The molecule has 3 atom stereocenters. The molecule has 3 aromatic rings. The summed E-state index contributed by atoms with van der Waals surface area (Å²) in [6.07, 6.45) is 8.48. The van der Waals surface area contributed by atoms with E-state index in [0.717, 1.165) is 67.4 Å². The lowest BCUT2D eigenvalue weighted by Gasteiger charge is -2.46. The molecule has 40 heavy (non-hydrogen) atoms. The van der Waals surface area contributed by atoms with Crippen molar-refractivity contribution in [3.05, 3.63) is 76.7 Å². The summed E-state index contributed by atoms with van der Waals surface area (Å²) in [5.74, 6) is 1.01. The van der Waals surface area contributed by atoms with Crippen LogP contribution in [0.15, 0.2) is 48.7 Å². The van der Waals surface area contributed by atoms with Crippen LogP contribution in [0.5, 0.6) is 11.6 Å². The number of aromatic nitrogens is 1. The Morgan fingerprint density at radius 3 is 2.58 bits per heavy atom. The quantitative estimate of drug-likeness (QED) is 0.288. The number of nitrogens with zero attached hydrogens (tertiary/aromatic N) is 1. The third kappa shape index (κ3) is 4.46. The smallest absolute Gasteiger partial charge is 0.309 e. The first-order chi connectivity index (χ1) is 19.3. The van der Waals surface area contributed by atoms with Crippen LogP contribution in [-0.2, 0) is 28.0 Å². The molecule has 2 saturated carbocycles. The van der Waals surface area contributed by atoms with Gasteiger partial charge in [-0.3, -0.25) is 4.79 Å². The summed E-state index contributed by atoms with van der Waals surface area (Å²) in [4.78, 5) is 16.5. The van der Waals surface area contributed by atoms with Gasteiger partial charge in [-0.2, -0.15) is 0 Å². The first-order valence-corrected chi connectivity index (χ1v) is 14.4. The van der Waals surface area contributed by atoms with Gasteiger partial charge in [0.15, 0.2) is 0 Å². The van der Waals surface area contributed by atoms with Crippen LogP contribution in [0, 0.1) is 17.2 Å². The van der Waals surface area contributed by atoms with E-state index in [9.17, 15) is 4.79 Å². The standard InChI is InChI=1S/C34H38FNO4/c1-33(2)13-5-6-27(33)25-16-21(7-10-24(25)26-18-31(38-3)36-19-30(26)35)20-40-23-9-8-22-11-14-34(29(22)17-23)15-12-28(34)32(37)39-4/h7-10,16-19,27-28H,5-6,11-15,20H2,1-4H3/t27-,28?,34?/m0/s1. The van der Waals surface area contributed by atoms with E-state index in [4.69, 9.17) is 14.2 Å². The van der Waals surface area contributed by atoms with E-state index in [1.54, 1.807) is 13.2 Å². The van der Waals surface area contributed by atoms with E-state index in [1.807, 2.05) is 18.2 Å². The monoisotopic (exact) mass is 543 g/mol. The largest absolute Gasteiger partial charge is 0.489 e. The Morgan fingerprint density at radius 1 is 1.02 bits per heavy atom. The third-order valence-electron chi connectivity index (χ3n) is 9.97. The molecule has 1 heterocycles. The molecule has 3 aliphatic rings. The molecular formula is C34H38FNO4. The molecule has 0 saturated heterocycles. The number of hydrogen-bond donors (Lipinski definition) is 0. The van der Waals surface area contributed by atoms with Crippen LogP contribution in [0.4, 0.5) is 4.39 Å². The van der Waals surface area contributed by atoms with Crippen LogP contribution in [0.3, 0.4) is 0 Å². The lowest BCUT2D eigenvalue weighted by Crippen LogP contribution is -2.47. The number of rotatable bonds is 7. The topological polar surface area (TPSA) is 57.7 Å². The minimum absolute atomic E-state index is 0.0638. The Hall–Kier alpha value is -3.41. The number of hydrogen-bond acceptors (Lipinski definition) is 5. The van der Waals surface area contributed by atoms with E-state index in [0.29, 0.717) is 24.0 Å². The van der Waals surface area contributed by atoms with E-state index >= 15 is 4.39 Å². The minimum atomic E-state index is -0.352. The molecule has 0 N–H and O–H groups in total. The average Bonchev–Trinajstić information content (AvgIpc) is 3.51. The fourth-order valence-electron chi connectivity index (χ4n) is 7.61. The molecule has 3 aliphatic carbocycles. The van der Waals surface area contributed by atoms with Crippen LogP contribution >= 0.6 is 0 Å². The normalized spacial score (nSPS) is 24.4. The third-order valence-corrected chi connectivity index (χ3v) is 9.97. The summed E-state index contributed by atoms with van der Waals surface area (Å²) in [5, 5.41) is 0. The van der Waals surface area contributed by atoms with E-state index < -0.39 is 0 Å². The second-order valence-corrected chi connectivity index (χ2v) is 12.4. The number of esters is 1. The molecule has 2 fully saturated rings. The van der Waals surface area contributed by atoms with Crippen LogP contribution in [-0.4, -0.2) is 25.2 Å². The van der Waals surface area contributed by atoms with Crippen LogP contribution in [0.1, 0.15) is 80.5 Å². The first-order valence-electron chi connectivity index (χ1n) is 14.4. The van der Waals surface area contributed by atoms with Crippen molar-refractivity contribution >= 4 is 5.97 Å². The Morgan fingerprint density at radius 2 is 1.88 bits per heavy atom. The summed E-state index contributed by atoms with van der Waals surface area (Å²) in [6, 6.07) is 14.3. The molecule has 0 amide bonds. The van der Waals surface area contributed by atoms with Gasteiger partial charge in [0, 0.05) is 17.0 Å². The van der Waals surface area contributed by atoms with E-state index in [1.165, 1.54) is 24.4 Å². The molecule has 5 nitrogen and oxygen atoms in total.